The SMILES string of the molecule is CCC(CC)CN1CC(CC)(CC)NCC1(C)C1CC1. The third-order valence-electron chi connectivity index (χ3n) is 6.48. The van der Waals surface area contributed by atoms with Crippen LogP contribution in [0.4, 0.5) is 0 Å². The molecule has 1 unspecified atom stereocenters. The predicted molar refractivity (Wildman–Crippen MR) is 88.1 cm³/mol. The van der Waals surface area contributed by atoms with Crippen LogP contribution in [0.3, 0.4) is 0 Å². The van der Waals surface area contributed by atoms with E-state index in [0.717, 1.165) is 11.8 Å². The lowest BCUT2D eigenvalue weighted by Gasteiger charge is -2.54. The second-order valence-corrected chi connectivity index (χ2v) is 7.54. The van der Waals surface area contributed by atoms with Gasteiger partial charge >= 0.3 is 0 Å². The first-order valence-corrected chi connectivity index (χ1v) is 9.03. The van der Waals surface area contributed by atoms with E-state index in [4.69, 9.17) is 0 Å². The highest BCUT2D eigenvalue weighted by atomic mass is 15.3. The van der Waals surface area contributed by atoms with Crippen molar-refractivity contribution >= 4 is 0 Å². The minimum absolute atomic E-state index is 0.362. The number of nitrogens with one attached hydrogen (secondary N) is 1. The Morgan fingerprint density at radius 3 is 2.15 bits per heavy atom. The van der Waals surface area contributed by atoms with Crippen molar-refractivity contribution < 1.29 is 0 Å². The van der Waals surface area contributed by atoms with E-state index in [9.17, 15) is 0 Å². The van der Waals surface area contributed by atoms with Gasteiger partial charge in [-0.2, -0.15) is 0 Å². The third-order valence-corrected chi connectivity index (χ3v) is 6.48. The molecule has 1 aliphatic carbocycles. The summed E-state index contributed by atoms with van der Waals surface area (Å²) in [5, 5.41) is 3.94. The van der Waals surface area contributed by atoms with Crippen LogP contribution in [0.2, 0.25) is 0 Å². The molecule has 1 N–H and O–H groups in total. The highest BCUT2D eigenvalue weighted by Crippen LogP contribution is 2.45. The van der Waals surface area contributed by atoms with E-state index in [-0.39, 0.29) is 0 Å². The van der Waals surface area contributed by atoms with E-state index in [2.05, 4.69) is 44.8 Å². The normalized spacial score (nSPS) is 30.9. The van der Waals surface area contributed by atoms with E-state index in [1.54, 1.807) is 0 Å². The van der Waals surface area contributed by atoms with Crippen LogP contribution in [0.5, 0.6) is 0 Å². The zero-order chi connectivity index (χ0) is 14.8. The first-order chi connectivity index (χ1) is 9.53. The van der Waals surface area contributed by atoms with Crippen LogP contribution in [0.25, 0.3) is 0 Å². The fraction of sp³-hybridized carbons (Fsp3) is 1.00. The van der Waals surface area contributed by atoms with Crippen LogP contribution in [0.1, 0.15) is 73.1 Å². The molecule has 0 aromatic carbocycles. The molecule has 2 rings (SSSR count). The second-order valence-electron chi connectivity index (χ2n) is 7.54. The Kier molecular flexibility index (Phi) is 5.18. The maximum atomic E-state index is 3.94. The minimum atomic E-state index is 0.362. The maximum Gasteiger partial charge on any atom is 0.0335 e. The zero-order valence-electron chi connectivity index (χ0n) is 14.5. The molecule has 1 aliphatic heterocycles. The molecule has 1 atom stereocenters. The van der Waals surface area contributed by atoms with Gasteiger partial charge in [-0.25, -0.2) is 0 Å². The van der Waals surface area contributed by atoms with Crippen LogP contribution in [0, 0.1) is 11.8 Å². The first-order valence-electron chi connectivity index (χ1n) is 9.03. The Bertz CT molecular complexity index is 303. The minimum Gasteiger partial charge on any atom is -0.308 e. The zero-order valence-corrected chi connectivity index (χ0v) is 14.5. The topological polar surface area (TPSA) is 15.3 Å². The van der Waals surface area contributed by atoms with Crippen molar-refractivity contribution in [1.29, 1.82) is 0 Å². The summed E-state index contributed by atoms with van der Waals surface area (Å²) in [5.41, 5.74) is 0.775. The molecular formula is C18H36N2. The average molecular weight is 281 g/mol. The molecule has 0 aromatic rings. The summed E-state index contributed by atoms with van der Waals surface area (Å²) in [4.78, 5) is 2.88. The Morgan fingerprint density at radius 1 is 1.10 bits per heavy atom. The van der Waals surface area contributed by atoms with Crippen molar-refractivity contribution in [1.82, 2.24) is 10.2 Å². The van der Waals surface area contributed by atoms with Gasteiger partial charge in [-0.1, -0.05) is 40.5 Å². The van der Waals surface area contributed by atoms with Crippen molar-refractivity contribution in [3.8, 4) is 0 Å². The van der Waals surface area contributed by atoms with Gasteiger partial charge in [-0.15, -0.1) is 0 Å². The van der Waals surface area contributed by atoms with Crippen molar-refractivity contribution in [3.05, 3.63) is 0 Å². The molecule has 1 saturated heterocycles. The smallest absolute Gasteiger partial charge is 0.0335 e. The molecule has 2 fully saturated rings. The molecular weight excluding hydrogens is 244 g/mol. The van der Waals surface area contributed by atoms with E-state index < -0.39 is 0 Å². The van der Waals surface area contributed by atoms with Gasteiger partial charge in [0.05, 0.1) is 0 Å². The molecule has 0 aromatic heterocycles. The molecule has 0 spiro atoms. The van der Waals surface area contributed by atoms with Gasteiger partial charge in [0.2, 0.25) is 0 Å². The monoisotopic (exact) mass is 280 g/mol. The van der Waals surface area contributed by atoms with Gasteiger partial charge in [0.1, 0.15) is 0 Å². The van der Waals surface area contributed by atoms with Crippen LogP contribution >= 0.6 is 0 Å². The molecule has 2 heteroatoms. The summed E-state index contributed by atoms with van der Waals surface area (Å²) < 4.78 is 0. The summed E-state index contributed by atoms with van der Waals surface area (Å²) in [7, 11) is 0. The molecule has 0 radical (unpaired) electrons. The fourth-order valence-electron chi connectivity index (χ4n) is 4.04. The van der Waals surface area contributed by atoms with Crippen LogP contribution in [0.15, 0.2) is 0 Å². The van der Waals surface area contributed by atoms with E-state index in [1.807, 2.05) is 0 Å². The van der Waals surface area contributed by atoms with E-state index in [1.165, 1.54) is 58.2 Å². The lowest BCUT2D eigenvalue weighted by Crippen LogP contribution is -2.70. The van der Waals surface area contributed by atoms with E-state index >= 15 is 0 Å². The summed E-state index contributed by atoms with van der Waals surface area (Å²) in [6.45, 7) is 15.7. The molecule has 20 heavy (non-hydrogen) atoms. The summed E-state index contributed by atoms with van der Waals surface area (Å²) in [6, 6.07) is 0. The van der Waals surface area contributed by atoms with Crippen LogP contribution < -0.4 is 5.32 Å². The van der Waals surface area contributed by atoms with Crippen molar-refractivity contribution in [2.45, 2.75) is 84.2 Å². The number of hydrogen-bond acceptors (Lipinski definition) is 2. The fourth-order valence-corrected chi connectivity index (χ4v) is 4.04. The largest absolute Gasteiger partial charge is 0.308 e. The number of rotatable bonds is 7. The van der Waals surface area contributed by atoms with Crippen LogP contribution in [-0.2, 0) is 0 Å². The van der Waals surface area contributed by atoms with Gasteiger partial charge in [-0.05, 0) is 44.4 Å². The van der Waals surface area contributed by atoms with Crippen molar-refractivity contribution in [2.24, 2.45) is 11.8 Å². The van der Waals surface area contributed by atoms with Gasteiger partial charge < -0.3 is 5.32 Å². The predicted octanol–water partition coefficient (Wildman–Crippen LogP) is 4.06. The molecule has 2 nitrogen and oxygen atoms in total. The summed E-state index contributed by atoms with van der Waals surface area (Å²) in [6.07, 6.45) is 8.05. The summed E-state index contributed by atoms with van der Waals surface area (Å²) >= 11 is 0. The molecule has 118 valence electrons. The lowest BCUT2D eigenvalue weighted by molar-refractivity contribution is -0.0132. The molecule has 0 bridgehead atoms. The second kappa shape index (κ2) is 6.36. The molecule has 1 heterocycles. The Balaban J connectivity index is 2.14. The van der Waals surface area contributed by atoms with E-state index in [0.29, 0.717) is 11.1 Å². The van der Waals surface area contributed by atoms with Crippen molar-refractivity contribution in [2.75, 3.05) is 19.6 Å². The number of nitrogens with zero attached hydrogens (tertiary/aromatic N) is 1. The third kappa shape index (κ3) is 3.06. The average Bonchev–Trinajstić information content (AvgIpc) is 3.32. The Hall–Kier alpha value is -0.0800. The van der Waals surface area contributed by atoms with Crippen molar-refractivity contribution in [3.63, 3.8) is 0 Å². The standard InChI is InChI=1S/C18H36N2/c1-6-15(7-2)12-20-14-18(8-3,9-4)19-13-17(20,5)16-10-11-16/h15-16,19H,6-14H2,1-5H3. The first kappa shape index (κ1) is 16.3. The highest BCUT2D eigenvalue weighted by molar-refractivity contribution is 5.08. The lowest BCUT2D eigenvalue weighted by atomic mass is 9.81. The van der Waals surface area contributed by atoms with Gasteiger partial charge in [0.15, 0.2) is 0 Å². The van der Waals surface area contributed by atoms with Gasteiger partial charge in [0.25, 0.3) is 0 Å². The summed E-state index contributed by atoms with van der Waals surface area (Å²) in [5.74, 6) is 1.81. The molecule has 1 saturated carbocycles. The quantitative estimate of drug-likeness (QED) is 0.756. The number of hydrogen-bond donors (Lipinski definition) is 1. The maximum absolute atomic E-state index is 3.94. The highest BCUT2D eigenvalue weighted by Gasteiger charge is 2.51. The Morgan fingerprint density at radius 2 is 1.70 bits per heavy atom. The Labute approximate surface area is 126 Å². The van der Waals surface area contributed by atoms with Crippen LogP contribution in [-0.4, -0.2) is 35.6 Å². The number of piperazine rings is 1. The van der Waals surface area contributed by atoms with Gasteiger partial charge in [0, 0.05) is 30.7 Å². The molecule has 0 amide bonds. The van der Waals surface area contributed by atoms with Gasteiger partial charge in [-0.3, -0.25) is 4.90 Å². The molecule has 2 aliphatic rings.